The van der Waals surface area contributed by atoms with E-state index in [9.17, 15) is 14.7 Å². The highest BCUT2D eigenvalue weighted by Crippen LogP contribution is 2.27. The van der Waals surface area contributed by atoms with Crippen LogP contribution in [0.15, 0.2) is 48.5 Å². The van der Waals surface area contributed by atoms with Gasteiger partial charge in [-0.3, -0.25) is 0 Å². The topological polar surface area (TPSA) is 88.1 Å². The zero-order valence-corrected chi connectivity index (χ0v) is 22.6. The van der Waals surface area contributed by atoms with Crippen LogP contribution in [-0.4, -0.2) is 53.9 Å². The number of urea groups is 1. The smallest absolute Gasteiger partial charge is 0.336 e. The van der Waals surface area contributed by atoms with Crippen LogP contribution in [0.3, 0.4) is 0 Å². The van der Waals surface area contributed by atoms with Crippen LogP contribution in [0.1, 0.15) is 79.3 Å². The first-order valence-electron chi connectivity index (χ1n) is 14.2. The molecule has 2 aliphatic carbocycles. The van der Waals surface area contributed by atoms with Gasteiger partial charge in [0.25, 0.3) is 0 Å². The van der Waals surface area contributed by atoms with Gasteiger partial charge in [-0.2, -0.15) is 0 Å². The summed E-state index contributed by atoms with van der Waals surface area (Å²) in [5, 5.41) is 12.6. The number of nitrogens with zero attached hydrogens (tertiary/aromatic N) is 1. The summed E-state index contributed by atoms with van der Waals surface area (Å²) in [6.45, 7) is 3.92. The number of carbonyl (C=O) groups is 2. The number of anilines is 1. The third kappa shape index (κ3) is 8.30. The number of rotatable bonds is 11. The van der Waals surface area contributed by atoms with E-state index in [1.807, 2.05) is 60.4 Å². The minimum Gasteiger partial charge on any atom is -0.478 e. The highest BCUT2D eigenvalue weighted by molar-refractivity contribution is 5.91. The number of aromatic carboxylic acids is 1. The van der Waals surface area contributed by atoms with Gasteiger partial charge in [0.2, 0.25) is 0 Å². The van der Waals surface area contributed by atoms with E-state index < -0.39 is 5.97 Å². The molecule has 2 aliphatic rings. The van der Waals surface area contributed by atoms with Gasteiger partial charge in [-0.25, -0.2) is 9.59 Å². The molecule has 0 radical (unpaired) electrons. The van der Waals surface area contributed by atoms with E-state index >= 15 is 0 Å². The normalized spacial score (nSPS) is 20.1. The Labute approximate surface area is 226 Å². The van der Waals surface area contributed by atoms with E-state index in [2.05, 4.69) is 5.32 Å². The van der Waals surface area contributed by atoms with Gasteiger partial charge in [-0.1, -0.05) is 55.7 Å². The number of nitrogens with one attached hydrogen (secondary N) is 1. The highest BCUT2D eigenvalue weighted by atomic mass is 16.5. The number of hydrogen-bond acceptors (Lipinski definition) is 4. The number of carboxylic acid groups (broad SMARTS) is 1. The van der Waals surface area contributed by atoms with E-state index in [1.54, 1.807) is 0 Å². The van der Waals surface area contributed by atoms with Crippen molar-refractivity contribution in [2.24, 2.45) is 5.92 Å². The number of para-hydroxylation sites is 1. The van der Waals surface area contributed by atoms with Crippen LogP contribution in [0.4, 0.5) is 10.5 Å². The summed E-state index contributed by atoms with van der Waals surface area (Å²) >= 11 is 0. The molecule has 2 aromatic carbocycles. The second-order valence-corrected chi connectivity index (χ2v) is 10.8. The van der Waals surface area contributed by atoms with E-state index in [-0.39, 0.29) is 24.8 Å². The zero-order chi connectivity index (χ0) is 26.7. The molecular weight excluding hydrogens is 480 g/mol. The zero-order valence-electron chi connectivity index (χ0n) is 22.6. The van der Waals surface area contributed by atoms with Crippen LogP contribution in [0.25, 0.3) is 0 Å². The summed E-state index contributed by atoms with van der Waals surface area (Å²) in [5.41, 5.74) is 2.60. The lowest BCUT2D eigenvalue weighted by Gasteiger charge is -2.32. The third-order valence-corrected chi connectivity index (χ3v) is 7.86. The van der Waals surface area contributed by atoms with Crippen LogP contribution < -0.4 is 5.32 Å². The minimum atomic E-state index is -0.916. The summed E-state index contributed by atoms with van der Waals surface area (Å²) in [7, 11) is 0. The second-order valence-electron chi connectivity index (χ2n) is 10.8. The fraction of sp³-hybridized carbons (Fsp3) is 0.548. The average molecular weight is 523 g/mol. The monoisotopic (exact) mass is 522 g/mol. The van der Waals surface area contributed by atoms with Gasteiger partial charge in [-0.05, 0) is 74.6 Å². The Morgan fingerprint density at radius 1 is 0.921 bits per heavy atom. The summed E-state index contributed by atoms with van der Waals surface area (Å²) in [5.74, 6) is -0.365. The molecule has 206 valence electrons. The van der Waals surface area contributed by atoms with E-state index in [1.165, 1.54) is 32.1 Å². The molecule has 0 aliphatic heterocycles. The molecule has 2 saturated carbocycles. The van der Waals surface area contributed by atoms with Crippen LogP contribution in [-0.2, 0) is 16.1 Å². The summed E-state index contributed by atoms with van der Waals surface area (Å²) in [6, 6.07) is 15.1. The molecule has 2 amide bonds. The molecule has 2 atom stereocenters. The fourth-order valence-corrected chi connectivity index (χ4v) is 5.78. The van der Waals surface area contributed by atoms with Crippen molar-refractivity contribution in [1.29, 1.82) is 0 Å². The molecule has 0 aromatic heterocycles. The van der Waals surface area contributed by atoms with Crippen molar-refractivity contribution in [2.45, 2.75) is 83.5 Å². The number of carboxylic acids is 1. The Morgan fingerprint density at radius 3 is 2.39 bits per heavy atom. The second kappa shape index (κ2) is 14.3. The predicted molar refractivity (Wildman–Crippen MR) is 149 cm³/mol. The van der Waals surface area contributed by atoms with E-state index in [0.29, 0.717) is 30.2 Å². The van der Waals surface area contributed by atoms with Gasteiger partial charge < -0.3 is 24.8 Å². The van der Waals surface area contributed by atoms with Gasteiger partial charge >= 0.3 is 12.0 Å². The molecule has 7 heteroatoms. The largest absolute Gasteiger partial charge is 0.478 e. The van der Waals surface area contributed by atoms with Gasteiger partial charge in [0, 0.05) is 18.8 Å². The lowest BCUT2D eigenvalue weighted by Crippen LogP contribution is -2.41. The molecule has 2 N–H and O–H groups in total. The Bertz CT molecular complexity index is 1040. The first-order chi connectivity index (χ1) is 18.5. The first kappa shape index (κ1) is 28.1. The highest BCUT2D eigenvalue weighted by Gasteiger charge is 2.25. The Hall–Kier alpha value is -2.90. The van der Waals surface area contributed by atoms with Crippen molar-refractivity contribution in [3.63, 3.8) is 0 Å². The average Bonchev–Trinajstić information content (AvgIpc) is 2.92. The molecule has 0 heterocycles. The van der Waals surface area contributed by atoms with Crippen LogP contribution in [0.5, 0.6) is 0 Å². The maximum atomic E-state index is 13.1. The first-order valence-corrected chi connectivity index (χ1v) is 14.2. The number of aryl methyl sites for hydroxylation is 1. The Morgan fingerprint density at radius 2 is 1.66 bits per heavy atom. The van der Waals surface area contributed by atoms with Gasteiger partial charge in [0.1, 0.15) is 0 Å². The van der Waals surface area contributed by atoms with Crippen molar-refractivity contribution in [3.05, 3.63) is 65.2 Å². The number of carbonyl (C=O) groups excluding carboxylic acids is 1. The van der Waals surface area contributed by atoms with Gasteiger partial charge in [0.15, 0.2) is 0 Å². The predicted octanol–water partition coefficient (Wildman–Crippen LogP) is 6.65. The maximum absolute atomic E-state index is 13.1. The molecule has 0 bridgehead atoms. The summed E-state index contributed by atoms with van der Waals surface area (Å²) in [4.78, 5) is 26.7. The number of benzene rings is 2. The molecule has 2 aromatic rings. The van der Waals surface area contributed by atoms with E-state index in [4.69, 9.17) is 9.47 Å². The molecule has 4 rings (SSSR count). The fourth-order valence-electron chi connectivity index (χ4n) is 5.78. The van der Waals surface area contributed by atoms with Crippen molar-refractivity contribution < 1.29 is 24.2 Å². The number of ether oxygens (including phenoxy) is 2. The molecule has 0 spiro atoms. The maximum Gasteiger partial charge on any atom is 0.336 e. The molecule has 0 unspecified atom stereocenters. The number of hydrogen-bond donors (Lipinski definition) is 2. The standard InChI is InChI=1S/C31H42N2O5/c1-23-10-8-13-25(29(23)30(34)35)22-38-28-17-9-16-27(20-28)37-19-18-33(21-24-11-4-2-5-12-24)31(36)32-26-14-6-3-7-15-26/h3,6-8,10,13-15,24,27-28H,2,4-5,9,11-12,16-22H2,1H3,(H,32,36)(H,34,35)/t27-,28+/m0/s1. The van der Waals surface area contributed by atoms with Crippen molar-refractivity contribution in [3.8, 4) is 0 Å². The van der Waals surface area contributed by atoms with Crippen LogP contribution in [0, 0.1) is 12.8 Å². The molecule has 0 saturated heterocycles. The van der Waals surface area contributed by atoms with Crippen molar-refractivity contribution in [1.82, 2.24) is 4.90 Å². The lowest BCUT2D eigenvalue weighted by molar-refractivity contribution is -0.0526. The van der Waals surface area contributed by atoms with Crippen molar-refractivity contribution >= 4 is 17.7 Å². The molecule has 7 nitrogen and oxygen atoms in total. The molecule has 2 fully saturated rings. The number of amides is 2. The van der Waals surface area contributed by atoms with Crippen LogP contribution >= 0.6 is 0 Å². The van der Waals surface area contributed by atoms with E-state index in [0.717, 1.165) is 43.5 Å². The SMILES string of the molecule is Cc1cccc(CO[C@@H]2CCC[C@H](OCCN(CC3CCCCC3)C(=O)Nc3ccccc3)C2)c1C(=O)O. The third-order valence-electron chi connectivity index (χ3n) is 7.86. The minimum absolute atomic E-state index is 0.0376. The van der Waals surface area contributed by atoms with Crippen LogP contribution in [0.2, 0.25) is 0 Å². The Balaban J connectivity index is 1.27. The summed E-state index contributed by atoms with van der Waals surface area (Å²) < 4.78 is 12.4. The Kier molecular flexibility index (Phi) is 10.6. The molecular formula is C31H42N2O5. The molecule has 38 heavy (non-hydrogen) atoms. The lowest BCUT2D eigenvalue weighted by atomic mass is 9.89. The quantitative estimate of drug-likeness (QED) is 0.345. The van der Waals surface area contributed by atoms with Gasteiger partial charge in [0.05, 0.1) is 31.0 Å². The van der Waals surface area contributed by atoms with Gasteiger partial charge in [-0.15, -0.1) is 0 Å². The van der Waals surface area contributed by atoms with Crippen molar-refractivity contribution in [2.75, 3.05) is 25.0 Å². The summed E-state index contributed by atoms with van der Waals surface area (Å²) in [6.07, 6.45) is 9.99.